The third-order valence-corrected chi connectivity index (χ3v) is 4.19. The van der Waals surface area contributed by atoms with E-state index < -0.39 is 0 Å². The fraction of sp³-hybridized carbons (Fsp3) is 0.400. The summed E-state index contributed by atoms with van der Waals surface area (Å²) in [5, 5.41) is 3.85. The van der Waals surface area contributed by atoms with Gasteiger partial charge >= 0.3 is 0 Å². The van der Waals surface area contributed by atoms with E-state index in [1.165, 1.54) is 0 Å². The second-order valence-electron chi connectivity index (χ2n) is 5.38. The first-order valence-electron chi connectivity index (χ1n) is 6.71. The highest BCUT2D eigenvalue weighted by Crippen LogP contribution is 2.30. The van der Waals surface area contributed by atoms with Crippen molar-refractivity contribution in [2.75, 3.05) is 20.6 Å². The van der Waals surface area contributed by atoms with Crippen molar-refractivity contribution in [3.8, 4) is 0 Å². The summed E-state index contributed by atoms with van der Waals surface area (Å²) in [5.74, 6) is 0.154. The molecule has 114 valence electrons. The van der Waals surface area contributed by atoms with E-state index in [2.05, 4.69) is 42.1 Å². The number of benzene rings is 1. The Morgan fingerprint density at radius 3 is 2.71 bits per heavy atom. The Hall–Kier alpha value is -0.850. The monoisotopic (exact) mass is 416 g/mol. The second-order valence-corrected chi connectivity index (χ2v) is 7.15. The van der Waals surface area contributed by atoms with Crippen LogP contribution in [-0.2, 0) is 0 Å². The topological polar surface area (TPSA) is 45.5 Å². The molecule has 1 aromatic carbocycles. The van der Waals surface area contributed by atoms with E-state index in [0.29, 0.717) is 11.3 Å². The van der Waals surface area contributed by atoms with Gasteiger partial charge in [0, 0.05) is 15.9 Å². The van der Waals surface area contributed by atoms with Gasteiger partial charge in [-0.25, -0.2) is 0 Å². The lowest BCUT2D eigenvalue weighted by atomic mass is 10.2. The van der Waals surface area contributed by atoms with Crippen molar-refractivity contribution in [2.45, 2.75) is 19.4 Å². The minimum atomic E-state index is -0.180. The number of nitrogens with zero attached hydrogens (tertiary/aromatic N) is 1. The zero-order valence-electron chi connectivity index (χ0n) is 12.2. The summed E-state index contributed by atoms with van der Waals surface area (Å²) < 4.78 is 7.42. The Bertz CT molecular complexity index is 652. The predicted octanol–water partition coefficient (Wildman–Crippen LogP) is 4.03. The largest absolute Gasteiger partial charge is 0.450 e. The van der Waals surface area contributed by atoms with E-state index in [1.807, 2.05) is 33.2 Å². The van der Waals surface area contributed by atoms with Gasteiger partial charge in [-0.2, -0.15) is 0 Å². The first kappa shape index (κ1) is 16.5. The molecule has 2 rings (SSSR count). The summed E-state index contributed by atoms with van der Waals surface area (Å²) in [5.41, 5.74) is 0.685. The van der Waals surface area contributed by atoms with Crippen molar-refractivity contribution in [1.82, 2.24) is 10.2 Å². The van der Waals surface area contributed by atoms with Crippen LogP contribution < -0.4 is 5.32 Å². The highest BCUT2D eigenvalue weighted by Gasteiger charge is 2.16. The SMILES string of the molecule is CC(CCN(C)C)NC(=O)c1cc2cc(Br)cc(Br)c2o1. The third-order valence-electron chi connectivity index (χ3n) is 3.15. The predicted molar refractivity (Wildman–Crippen MR) is 91.7 cm³/mol. The average molecular weight is 418 g/mol. The van der Waals surface area contributed by atoms with Crippen molar-refractivity contribution >= 4 is 48.7 Å². The molecular weight excluding hydrogens is 400 g/mol. The quantitative estimate of drug-likeness (QED) is 0.798. The number of fused-ring (bicyclic) bond motifs is 1. The van der Waals surface area contributed by atoms with Crippen molar-refractivity contribution in [3.63, 3.8) is 0 Å². The molecule has 21 heavy (non-hydrogen) atoms. The standard InChI is InChI=1S/C15H18Br2N2O2/c1-9(4-5-19(2)3)18-15(20)13-7-10-6-11(16)8-12(17)14(10)21-13/h6-9H,4-5H2,1-3H3,(H,18,20). The Balaban J connectivity index is 2.11. The van der Waals surface area contributed by atoms with Gasteiger partial charge in [-0.05, 0) is 68.1 Å². The van der Waals surface area contributed by atoms with Gasteiger partial charge in [-0.1, -0.05) is 15.9 Å². The maximum atomic E-state index is 12.2. The second kappa shape index (κ2) is 6.94. The summed E-state index contributed by atoms with van der Waals surface area (Å²) in [4.78, 5) is 14.3. The van der Waals surface area contributed by atoms with Gasteiger partial charge in [0.1, 0.15) is 5.58 Å². The van der Waals surface area contributed by atoms with Gasteiger partial charge in [-0.3, -0.25) is 4.79 Å². The molecule has 1 N–H and O–H groups in total. The molecule has 0 aliphatic heterocycles. The molecule has 0 fully saturated rings. The van der Waals surface area contributed by atoms with Crippen LogP contribution in [0.15, 0.2) is 31.6 Å². The van der Waals surface area contributed by atoms with E-state index in [1.54, 1.807) is 6.07 Å². The third kappa shape index (κ3) is 4.31. The van der Waals surface area contributed by atoms with E-state index in [-0.39, 0.29) is 11.9 Å². The van der Waals surface area contributed by atoms with Crippen LogP contribution in [0.25, 0.3) is 11.0 Å². The van der Waals surface area contributed by atoms with Crippen LogP contribution in [0, 0.1) is 0 Å². The lowest BCUT2D eigenvalue weighted by molar-refractivity contribution is 0.0911. The molecule has 1 atom stereocenters. The summed E-state index contributed by atoms with van der Waals surface area (Å²) in [6.45, 7) is 2.93. The molecule has 0 radical (unpaired) electrons. The number of amides is 1. The molecule has 4 nitrogen and oxygen atoms in total. The number of hydrogen-bond donors (Lipinski definition) is 1. The number of halogens is 2. The van der Waals surface area contributed by atoms with Gasteiger partial charge in [0.2, 0.25) is 0 Å². The van der Waals surface area contributed by atoms with Gasteiger partial charge < -0.3 is 14.6 Å². The summed E-state index contributed by atoms with van der Waals surface area (Å²) in [6.07, 6.45) is 0.897. The molecule has 0 aliphatic rings. The van der Waals surface area contributed by atoms with Gasteiger partial charge in [0.05, 0.1) is 4.47 Å². The fourth-order valence-corrected chi connectivity index (χ4v) is 3.35. The van der Waals surface area contributed by atoms with E-state index in [0.717, 1.165) is 27.3 Å². The van der Waals surface area contributed by atoms with E-state index in [9.17, 15) is 4.79 Å². The zero-order valence-corrected chi connectivity index (χ0v) is 15.4. The number of hydrogen-bond acceptors (Lipinski definition) is 3. The van der Waals surface area contributed by atoms with Gasteiger partial charge in [0.25, 0.3) is 5.91 Å². The van der Waals surface area contributed by atoms with Crippen LogP contribution in [0.5, 0.6) is 0 Å². The van der Waals surface area contributed by atoms with Crippen LogP contribution >= 0.6 is 31.9 Å². The maximum Gasteiger partial charge on any atom is 0.287 e. The molecule has 1 aromatic heterocycles. The average Bonchev–Trinajstić information content (AvgIpc) is 2.80. The maximum absolute atomic E-state index is 12.2. The molecule has 1 heterocycles. The Labute approximate surface area is 141 Å². The van der Waals surface area contributed by atoms with Crippen LogP contribution in [0.2, 0.25) is 0 Å². The molecule has 6 heteroatoms. The highest BCUT2D eigenvalue weighted by atomic mass is 79.9. The Morgan fingerprint density at radius 2 is 2.05 bits per heavy atom. The minimum absolute atomic E-state index is 0.100. The van der Waals surface area contributed by atoms with Crippen molar-refractivity contribution in [1.29, 1.82) is 0 Å². The normalized spacial score (nSPS) is 12.9. The fourth-order valence-electron chi connectivity index (χ4n) is 2.01. The van der Waals surface area contributed by atoms with E-state index >= 15 is 0 Å². The van der Waals surface area contributed by atoms with Crippen LogP contribution in [0.4, 0.5) is 0 Å². The summed E-state index contributed by atoms with van der Waals surface area (Å²) in [7, 11) is 4.03. The Morgan fingerprint density at radius 1 is 1.33 bits per heavy atom. The minimum Gasteiger partial charge on any atom is -0.450 e. The molecule has 1 unspecified atom stereocenters. The molecule has 0 spiro atoms. The molecule has 0 bridgehead atoms. The zero-order chi connectivity index (χ0) is 15.6. The highest BCUT2D eigenvalue weighted by molar-refractivity contribution is 9.11. The summed E-state index contributed by atoms with van der Waals surface area (Å²) in [6, 6.07) is 5.69. The molecule has 0 saturated carbocycles. The number of carbonyl (C=O) groups is 1. The summed E-state index contributed by atoms with van der Waals surface area (Å²) >= 11 is 6.87. The number of rotatable bonds is 5. The van der Waals surface area contributed by atoms with Crippen molar-refractivity contribution < 1.29 is 9.21 Å². The van der Waals surface area contributed by atoms with Gasteiger partial charge in [-0.15, -0.1) is 0 Å². The smallest absolute Gasteiger partial charge is 0.287 e. The first-order valence-corrected chi connectivity index (χ1v) is 8.29. The van der Waals surface area contributed by atoms with Crippen LogP contribution in [-0.4, -0.2) is 37.5 Å². The number of carbonyl (C=O) groups excluding carboxylic acids is 1. The number of furan rings is 1. The van der Waals surface area contributed by atoms with Crippen molar-refractivity contribution in [2.24, 2.45) is 0 Å². The van der Waals surface area contributed by atoms with E-state index in [4.69, 9.17) is 4.42 Å². The lowest BCUT2D eigenvalue weighted by Gasteiger charge is -2.15. The Kier molecular flexibility index (Phi) is 5.46. The molecule has 1 amide bonds. The first-order chi connectivity index (χ1) is 9.86. The van der Waals surface area contributed by atoms with Crippen molar-refractivity contribution in [3.05, 3.63) is 32.9 Å². The lowest BCUT2D eigenvalue weighted by Crippen LogP contribution is -2.34. The van der Waals surface area contributed by atoms with Crippen LogP contribution in [0.3, 0.4) is 0 Å². The molecule has 0 saturated heterocycles. The van der Waals surface area contributed by atoms with Gasteiger partial charge in [0.15, 0.2) is 5.76 Å². The molecule has 2 aromatic rings. The molecule has 0 aliphatic carbocycles. The van der Waals surface area contributed by atoms with Crippen LogP contribution in [0.1, 0.15) is 23.9 Å². The number of nitrogens with one attached hydrogen (secondary N) is 1. The molecular formula is C15H18Br2N2O2.